The van der Waals surface area contributed by atoms with Gasteiger partial charge in [0.15, 0.2) is 0 Å². The van der Waals surface area contributed by atoms with E-state index in [4.69, 9.17) is 5.73 Å². The van der Waals surface area contributed by atoms with Crippen molar-refractivity contribution in [1.29, 1.82) is 0 Å². The summed E-state index contributed by atoms with van der Waals surface area (Å²) in [6.45, 7) is 0.989. The van der Waals surface area contributed by atoms with Crippen LogP contribution in [-0.4, -0.2) is 23.9 Å². The topological polar surface area (TPSA) is 38.4 Å². The first-order valence-electron chi connectivity index (χ1n) is 6.74. The second kappa shape index (κ2) is 6.53. The molecule has 2 fully saturated rings. The number of thioether (sulfide) groups is 1. The Morgan fingerprint density at radius 1 is 1.06 bits per heavy atom. The number of hydrogen-bond acceptors (Lipinski definition) is 2. The fourth-order valence-electron chi connectivity index (χ4n) is 2.69. The monoisotopic (exact) mass is 240 g/mol. The molecule has 2 aliphatic rings. The van der Waals surface area contributed by atoms with Crippen molar-refractivity contribution in [3.05, 3.63) is 0 Å². The molecule has 0 amide bonds. The Morgan fingerprint density at radius 3 is 2.44 bits per heavy atom. The Balaban J connectivity index is 1.76. The Labute approximate surface area is 103 Å². The minimum absolute atomic E-state index is 0.603. The second-order valence-electron chi connectivity index (χ2n) is 5.16. The van der Waals surface area contributed by atoms with Crippen molar-refractivity contribution >= 4 is 17.6 Å². The number of rotatable bonds is 3. The summed E-state index contributed by atoms with van der Waals surface area (Å²) in [6.07, 6.45) is 9.31. The lowest BCUT2D eigenvalue weighted by Crippen LogP contribution is -2.27. The Kier molecular flexibility index (Phi) is 5.01. The Morgan fingerprint density at radius 2 is 1.75 bits per heavy atom. The number of amidine groups is 1. The van der Waals surface area contributed by atoms with E-state index < -0.39 is 0 Å². The third kappa shape index (κ3) is 3.69. The zero-order chi connectivity index (χ0) is 11.2. The summed E-state index contributed by atoms with van der Waals surface area (Å²) in [4.78, 5) is 4.66. The summed E-state index contributed by atoms with van der Waals surface area (Å²) >= 11 is 2.08. The third-order valence-corrected chi connectivity index (χ3v) is 4.95. The van der Waals surface area contributed by atoms with Crippen LogP contribution >= 0.6 is 11.8 Å². The zero-order valence-corrected chi connectivity index (χ0v) is 11.0. The number of nitrogens with two attached hydrogens (primary N) is 1. The summed E-state index contributed by atoms with van der Waals surface area (Å²) in [5.41, 5.74) is 6.11. The Hall–Kier alpha value is -0.180. The normalized spacial score (nSPS) is 25.9. The van der Waals surface area contributed by atoms with Gasteiger partial charge in [-0.3, -0.25) is 4.99 Å². The molecule has 1 saturated heterocycles. The van der Waals surface area contributed by atoms with E-state index in [9.17, 15) is 0 Å². The molecular formula is C13H24N2S. The molecule has 3 heteroatoms. The van der Waals surface area contributed by atoms with Crippen molar-refractivity contribution in [2.24, 2.45) is 22.6 Å². The van der Waals surface area contributed by atoms with E-state index in [-0.39, 0.29) is 0 Å². The average molecular weight is 240 g/mol. The maximum atomic E-state index is 6.11. The van der Waals surface area contributed by atoms with Gasteiger partial charge in [-0.05, 0) is 43.1 Å². The average Bonchev–Trinajstić information content (AvgIpc) is 2.38. The molecule has 1 aliphatic carbocycles. The molecule has 1 saturated carbocycles. The second-order valence-corrected chi connectivity index (χ2v) is 6.38. The predicted octanol–water partition coefficient (Wildman–Crippen LogP) is 3.07. The van der Waals surface area contributed by atoms with E-state index >= 15 is 0 Å². The largest absolute Gasteiger partial charge is 0.387 e. The molecule has 1 aliphatic heterocycles. The van der Waals surface area contributed by atoms with Gasteiger partial charge in [-0.25, -0.2) is 0 Å². The summed E-state index contributed by atoms with van der Waals surface area (Å²) in [7, 11) is 0. The molecular weight excluding hydrogens is 216 g/mol. The highest BCUT2D eigenvalue weighted by molar-refractivity contribution is 7.99. The van der Waals surface area contributed by atoms with Crippen LogP contribution in [0.5, 0.6) is 0 Å². The van der Waals surface area contributed by atoms with Crippen LogP contribution in [0.2, 0.25) is 0 Å². The lowest BCUT2D eigenvalue weighted by molar-refractivity contribution is 0.433. The maximum Gasteiger partial charge on any atom is 0.0968 e. The van der Waals surface area contributed by atoms with Crippen LogP contribution in [0.25, 0.3) is 0 Å². The number of aliphatic imine (C=N–C) groups is 1. The minimum atomic E-state index is 0.603. The first-order valence-corrected chi connectivity index (χ1v) is 7.89. The van der Waals surface area contributed by atoms with Crippen LogP contribution in [0.3, 0.4) is 0 Å². The van der Waals surface area contributed by atoms with Gasteiger partial charge >= 0.3 is 0 Å². The number of hydrogen-bond donors (Lipinski definition) is 1. The molecule has 2 N–H and O–H groups in total. The van der Waals surface area contributed by atoms with Crippen LogP contribution in [0.15, 0.2) is 4.99 Å². The van der Waals surface area contributed by atoms with Crippen molar-refractivity contribution in [1.82, 2.24) is 0 Å². The first kappa shape index (κ1) is 12.3. The highest BCUT2D eigenvalue weighted by atomic mass is 32.2. The van der Waals surface area contributed by atoms with Gasteiger partial charge in [-0.1, -0.05) is 19.3 Å². The fourth-order valence-corrected chi connectivity index (χ4v) is 3.90. The van der Waals surface area contributed by atoms with Gasteiger partial charge < -0.3 is 5.73 Å². The van der Waals surface area contributed by atoms with E-state index in [1.165, 1.54) is 56.5 Å². The van der Waals surface area contributed by atoms with Gasteiger partial charge in [-0.2, -0.15) is 11.8 Å². The van der Waals surface area contributed by atoms with Gasteiger partial charge in [0.1, 0.15) is 0 Å². The highest BCUT2D eigenvalue weighted by Crippen LogP contribution is 2.25. The molecule has 0 aromatic carbocycles. The number of nitrogens with zero attached hydrogens (tertiary/aromatic N) is 1. The third-order valence-electron chi connectivity index (χ3n) is 3.90. The standard InChI is InChI=1S/C13H24N2S/c14-13(12-4-2-1-3-5-12)15-10-11-6-8-16-9-7-11/h11-12H,1-10H2,(H2,14,15). The molecule has 0 atom stereocenters. The summed E-state index contributed by atoms with van der Waals surface area (Å²) in [5, 5.41) is 0. The van der Waals surface area contributed by atoms with E-state index in [0.29, 0.717) is 5.92 Å². The maximum absolute atomic E-state index is 6.11. The lowest BCUT2D eigenvalue weighted by Gasteiger charge is -2.23. The predicted molar refractivity (Wildman–Crippen MR) is 73.1 cm³/mol. The minimum Gasteiger partial charge on any atom is -0.387 e. The van der Waals surface area contributed by atoms with E-state index in [1.54, 1.807) is 0 Å². The van der Waals surface area contributed by atoms with Gasteiger partial charge in [0.05, 0.1) is 5.84 Å². The highest BCUT2D eigenvalue weighted by Gasteiger charge is 2.18. The quantitative estimate of drug-likeness (QED) is 0.608. The summed E-state index contributed by atoms with van der Waals surface area (Å²) in [6, 6.07) is 0. The molecule has 16 heavy (non-hydrogen) atoms. The van der Waals surface area contributed by atoms with Crippen LogP contribution in [0.1, 0.15) is 44.9 Å². The van der Waals surface area contributed by atoms with Crippen molar-refractivity contribution in [2.75, 3.05) is 18.1 Å². The van der Waals surface area contributed by atoms with Crippen molar-refractivity contribution in [3.63, 3.8) is 0 Å². The summed E-state index contributed by atoms with van der Waals surface area (Å²) in [5.74, 6) is 5.01. The van der Waals surface area contributed by atoms with Crippen molar-refractivity contribution in [2.45, 2.75) is 44.9 Å². The molecule has 0 radical (unpaired) electrons. The SMILES string of the molecule is NC(=NCC1CCSCC1)C1CCCCC1. The molecule has 0 unspecified atom stereocenters. The molecule has 2 nitrogen and oxygen atoms in total. The molecule has 2 rings (SSSR count). The van der Waals surface area contributed by atoms with Gasteiger partial charge in [-0.15, -0.1) is 0 Å². The van der Waals surface area contributed by atoms with Crippen LogP contribution in [0, 0.1) is 11.8 Å². The van der Waals surface area contributed by atoms with E-state index in [0.717, 1.165) is 18.3 Å². The zero-order valence-electron chi connectivity index (χ0n) is 10.2. The Bertz CT molecular complexity index is 228. The van der Waals surface area contributed by atoms with Crippen molar-refractivity contribution in [3.8, 4) is 0 Å². The smallest absolute Gasteiger partial charge is 0.0968 e. The summed E-state index contributed by atoms with van der Waals surface area (Å²) < 4.78 is 0. The van der Waals surface area contributed by atoms with Gasteiger partial charge in [0.25, 0.3) is 0 Å². The van der Waals surface area contributed by atoms with Crippen molar-refractivity contribution < 1.29 is 0 Å². The molecule has 1 heterocycles. The molecule has 92 valence electrons. The van der Waals surface area contributed by atoms with Crippen LogP contribution < -0.4 is 5.73 Å². The molecule has 0 bridgehead atoms. The van der Waals surface area contributed by atoms with Crippen LogP contribution in [0.4, 0.5) is 0 Å². The van der Waals surface area contributed by atoms with E-state index in [1.807, 2.05) is 0 Å². The van der Waals surface area contributed by atoms with Crippen LogP contribution in [-0.2, 0) is 0 Å². The fraction of sp³-hybridized carbons (Fsp3) is 0.923. The lowest BCUT2D eigenvalue weighted by atomic mass is 9.88. The van der Waals surface area contributed by atoms with E-state index in [2.05, 4.69) is 16.8 Å². The first-order chi connectivity index (χ1) is 7.86. The van der Waals surface area contributed by atoms with Gasteiger partial charge in [0.2, 0.25) is 0 Å². The molecule has 0 aromatic rings. The molecule has 0 spiro atoms. The molecule has 0 aromatic heterocycles. The van der Waals surface area contributed by atoms with Gasteiger partial charge in [0, 0.05) is 12.5 Å².